The summed E-state index contributed by atoms with van der Waals surface area (Å²) >= 11 is 0. The van der Waals surface area contributed by atoms with Crippen molar-refractivity contribution in [3.05, 3.63) is 59.7 Å². The molecule has 2 aromatic carbocycles. The Morgan fingerprint density at radius 3 is 2.45 bits per heavy atom. The molecule has 0 amide bonds. The lowest BCUT2D eigenvalue weighted by molar-refractivity contribution is -0.246. The molecular weight excluding hydrogens is 396 g/mol. The molecule has 0 unspecified atom stereocenters. The van der Waals surface area contributed by atoms with Gasteiger partial charge in [-0.1, -0.05) is 43.3 Å². The number of ether oxygens (including phenoxy) is 4. The quantitative estimate of drug-likeness (QED) is 0.703. The summed E-state index contributed by atoms with van der Waals surface area (Å²) in [7, 11) is 1.62. The van der Waals surface area contributed by atoms with Gasteiger partial charge in [0.25, 0.3) is 0 Å². The van der Waals surface area contributed by atoms with Crippen molar-refractivity contribution >= 4 is 0 Å². The van der Waals surface area contributed by atoms with E-state index in [4.69, 9.17) is 18.9 Å². The summed E-state index contributed by atoms with van der Waals surface area (Å²) in [6.45, 7) is 3.50. The van der Waals surface area contributed by atoms with Crippen molar-refractivity contribution in [2.24, 2.45) is 5.92 Å². The van der Waals surface area contributed by atoms with Gasteiger partial charge in [-0.25, -0.2) is 0 Å². The normalized spacial score (nSPS) is 26.0. The average molecular weight is 429 g/mol. The van der Waals surface area contributed by atoms with E-state index in [1.807, 2.05) is 55.5 Å². The van der Waals surface area contributed by atoms with Gasteiger partial charge in [0.15, 0.2) is 17.3 Å². The number of aliphatic hydroxyl groups is 2. The Morgan fingerprint density at radius 2 is 1.77 bits per heavy atom. The predicted molar refractivity (Wildman–Crippen MR) is 116 cm³/mol. The molecule has 1 heterocycles. The molecule has 2 aromatic rings. The predicted octanol–water partition coefficient (Wildman–Crippen LogP) is 3.47. The van der Waals surface area contributed by atoms with Gasteiger partial charge in [0.2, 0.25) is 0 Å². The molecular formula is C25H32O6. The number of hydrogen-bond acceptors (Lipinski definition) is 6. The van der Waals surface area contributed by atoms with Gasteiger partial charge < -0.3 is 29.2 Å². The largest absolute Gasteiger partial charge is 0.493 e. The Kier molecular flexibility index (Phi) is 6.53. The first-order chi connectivity index (χ1) is 14.9. The van der Waals surface area contributed by atoms with Crippen molar-refractivity contribution in [2.75, 3.05) is 20.3 Å². The van der Waals surface area contributed by atoms with E-state index in [0.29, 0.717) is 57.0 Å². The summed E-state index contributed by atoms with van der Waals surface area (Å²) < 4.78 is 22.9. The zero-order valence-electron chi connectivity index (χ0n) is 18.3. The number of methoxy groups -OCH3 is 1. The zero-order chi connectivity index (χ0) is 21.9. The molecule has 2 aliphatic rings. The van der Waals surface area contributed by atoms with E-state index in [9.17, 15) is 10.2 Å². The molecule has 31 heavy (non-hydrogen) atoms. The van der Waals surface area contributed by atoms with Crippen LogP contribution in [0.4, 0.5) is 0 Å². The number of rotatable bonds is 7. The highest BCUT2D eigenvalue weighted by molar-refractivity contribution is 5.43. The maximum Gasteiger partial charge on any atom is 0.171 e. The molecule has 0 radical (unpaired) electrons. The van der Waals surface area contributed by atoms with Gasteiger partial charge in [0.1, 0.15) is 6.61 Å². The Hall–Kier alpha value is -2.12. The van der Waals surface area contributed by atoms with Crippen LogP contribution in [0.15, 0.2) is 48.5 Å². The second kappa shape index (κ2) is 9.17. The van der Waals surface area contributed by atoms with Gasteiger partial charge in [-0.05, 0) is 42.0 Å². The van der Waals surface area contributed by atoms with Crippen LogP contribution in [0.3, 0.4) is 0 Å². The lowest BCUT2D eigenvalue weighted by Crippen LogP contribution is -2.57. The lowest BCUT2D eigenvalue weighted by Gasteiger charge is -2.47. The Balaban J connectivity index is 1.44. The molecule has 3 atom stereocenters. The van der Waals surface area contributed by atoms with Crippen LogP contribution in [0.2, 0.25) is 0 Å². The van der Waals surface area contributed by atoms with Crippen LogP contribution in [0.5, 0.6) is 11.5 Å². The van der Waals surface area contributed by atoms with Crippen LogP contribution in [-0.2, 0) is 22.5 Å². The maximum absolute atomic E-state index is 11.3. The van der Waals surface area contributed by atoms with Crippen LogP contribution in [0.25, 0.3) is 0 Å². The lowest BCUT2D eigenvalue weighted by atomic mass is 9.70. The van der Waals surface area contributed by atoms with Gasteiger partial charge in [-0.3, -0.25) is 0 Å². The molecule has 4 rings (SSSR count). The van der Waals surface area contributed by atoms with Crippen LogP contribution >= 0.6 is 0 Å². The molecule has 1 aliphatic heterocycles. The summed E-state index contributed by atoms with van der Waals surface area (Å²) in [6, 6.07) is 15.8. The van der Waals surface area contributed by atoms with Crippen LogP contribution in [0, 0.1) is 5.92 Å². The second-order valence-corrected chi connectivity index (χ2v) is 8.68. The first-order valence-electron chi connectivity index (χ1n) is 11.0. The molecule has 6 nitrogen and oxygen atoms in total. The smallest absolute Gasteiger partial charge is 0.171 e. The molecule has 1 spiro atoms. The van der Waals surface area contributed by atoms with E-state index in [0.717, 1.165) is 11.1 Å². The van der Waals surface area contributed by atoms with Crippen LogP contribution in [0.1, 0.15) is 37.3 Å². The molecule has 0 bridgehead atoms. The second-order valence-electron chi connectivity index (χ2n) is 8.68. The molecule has 6 heteroatoms. The molecule has 168 valence electrons. The number of aliphatic hydroxyl groups excluding tert-OH is 1. The maximum atomic E-state index is 11.3. The van der Waals surface area contributed by atoms with Crippen molar-refractivity contribution in [3.63, 3.8) is 0 Å². The fourth-order valence-electron chi connectivity index (χ4n) is 4.69. The van der Waals surface area contributed by atoms with Gasteiger partial charge in [0.05, 0.1) is 32.0 Å². The fraction of sp³-hybridized carbons (Fsp3) is 0.520. The van der Waals surface area contributed by atoms with E-state index < -0.39 is 17.5 Å². The Labute approximate surface area is 183 Å². The summed E-state index contributed by atoms with van der Waals surface area (Å²) in [5.74, 6) is 0.445. The van der Waals surface area contributed by atoms with Crippen molar-refractivity contribution < 1.29 is 29.2 Å². The summed E-state index contributed by atoms with van der Waals surface area (Å²) in [4.78, 5) is 0. The highest BCUT2D eigenvalue weighted by Gasteiger charge is 2.53. The first-order valence-corrected chi connectivity index (χ1v) is 11.0. The van der Waals surface area contributed by atoms with Crippen molar-refractivity contribution in [1.82, 2.24) is 0 Å². The van der Waals surface area contributed by atoms with Crippen molar-refractivity contribution in [3.8, 4) is 11.5 Å². The van der Waals surface area contributed by atoms with Crippen molar-refractivity contribution in [1.29, 1.82) is 0 Å². The van der Waals surface area contributed by atoms with E-state index in [-0.39, 0.29) is 5.92 Å². The summed E-state index contributed by atoms with van der Waals surface area (Å²) in [6.07, 6.45) is 1.01. The minimum atomic E-state index is -1.19. The van der Waals surface area contributed by atoms with Gasteiger partial charge in [-0.2, -0.15) is 0 Å². The molecule has 2 fully saturated rings. The molecule has 1 saturated heterocycles. The van der Waals surface area contributed by atoms with Crippen LogP contribution < -0.4 is 9.47 Å². The number of benzene rings is 2. The van der Waals surface area contributed by atoms with Crippen molar-refractivity contribution in [2.45, 2.75) is 56.7 Å². The molecule has 2 N–H and O–H groups in total. The topological polar surface area (TPSA) is 77.4 Å². The Morgan fingerprint density at radius 1 is 1.03 bits per heavy atom. The summed E-state index contributed by atoms with van der Waals surface area (Å²) in [5.41, 5.74) is 0.907. The first kappa shape index (κ1) is 22.1. The Bertz CT molecular complexity index is 864. The molecule has 1 aliphatic carbocycles. The molecule has 1 saturated carbocycles. The van der Waals surface area contributed by atoms with E-state index in [1.54, 1.807) is 7.11 Å². The SMILES string of the molecule is COc1ccc(C[C@@H](C)[C@]2(O)CCC3(C[C@H]2O)OCCO3)cc1OCc1ccccc1. The highest BCUT2D eigenvalue weighted by atomic mass is 16.7. The zero-order valence-corrected chi connectivity index (χ0v) is 18.3. The third-order valence-electron chi connectivity index (χ3n) is 6.66. The van der Waals surface area contributed by atoms with Gasteiger partial charge >= 0.3 is 0 Å². The van der Waals surface area contributed by atoms with Gasteiger partial charge in [-0.15, -0.1) is 0 Å². The average Bonchev–Trinajstić information content (AvgIpc) is 3.24. The molecule has 0 aromatic heterocycles. The minimum absolute atomic E-state index is 0.156. The van der Waals surface area contributed by atoms with E-state index >= 15 is 0 Å². The highest BCUT2D eigenvalue weighted by Crippen LogP contribution is 2.44. The van der Waals surface area contributed by atoms with Gasteiger partial charge in [0, 0.05) is 12.8 Å². The van der Waals surface area contributed by atoms with E-state index in [1.165, 1.54) is 0 Å². The number of hydrogen-bond donors (Lipinski definition) is 2. The monoisotopic (exact) mass is 428 g/mol. The van der Waals surface area contributed by atoms with Crippen LogP contribution in [-0.4, -0.2) is 48.0 Å². The van der Waals surface area contributed by atoms with E-state index in [2.05, 4.69) is 0 Å². The third-order valence-corrected chi connectivity index (χ3v) is 6.66. The standard InChI is InChI=1S/C25H32O6/c1-18(25(27)11-10-24(16-23(25)26)30-12-13-31-24)14-20-8-9-21(28-2)22(15-20)29-17-19-6-4-3-5-7-19/h3-9,15,18,23,26-27H,10-14,16-17H2,1-2H3/t18-,23-,25-/m1/s1. The minimum Gasteiger partial charge on any atom is -0.493 e. The fourth-order valence-corrected chi connectivity index (χ4v) is 4.69. The third kappa shape index (κ3) is 4.72. The summed E-state index contributed by atoms with van der Waals surface area (Å²) in [5, 5.41) is 22.1.